The summed E-state index contributed by atoms with van der Waals surface area (Å²) in [6.45, 7) is 3.99. The molecule has 1 aliphatic carbocycles. The molecule has 0 bridgehead atoms. The smallest absolute Gasteiger partial charge is 0.224 e. The van der Waals surface area contributed by atoms with Gasteiger partial charge in [0, 0.05) is 25.6 Å². The van der Waals surface area contributed by atoms with E-state index in [1.54, 1.807) is 0 Å². The molecular formula is C10H20N2O. The Kier molecular flexibility index (Phi) is 3.31. The first-order valence-electron chi connectivity index (χ1n) is 5.03. The standard InChI is InChI=1S/C10H20N2O/c1-7(11)6-10(13)12(3)8(2)9-4-5-9/h7-9H,4-6,11H2,1-3H3. The highest BCUT2D eigenvalue weighted by atomic mass is 16.2. The Labute approximate surface area is 80.3 Å². The number of carbonyl (C=O) groups excluding carboxylic acids is 1. The van der Waals surface area contributed by atoms with Crippen molar-refractivity contribution < 1.29 is 4.79 Å². The van der Waals surface area contributed by atoms with Crippen molar-refractivity contribution in [3.8, 4) is 0 Å². The van der Waals surface area contributed by atoms with Crippen molar-refractivity contribution in [2.45, 2.75) is 45.2 Å². The predicted molar refractivity (Wildman–Crippen MR) is 53.2 cm³/mol. The second-order valence-corrected chi connectivity index (χ2v) is 4.26. The summed E-state index contributed by atoms with van der Waals surface area (Å²) >= 11 is 0. The SMILES string of the molecule is CC(N)CC(=O)N(C)C(C)C1CC1. The topological polar surface area (TPSA) is 46.3 Å². The van der Waals surface area contributed by atoms with Crippen LogP contribution in [0.1, 0.15) is 33.1 Å². The minimum atomic E-state index is -0.0265. The largest absolute Gasteiger partial charge is 0.343 e. The van der Waals surface area contributed by atoms with E-state index in [0.717, 1.165) is 5.92 Å². The molecule has 0 spiro atoms. The first kappa shape index (κ1) is 10.5. The van der Waals surface area contributed by atoms with Gasteiger partial charge in [-0.2, -0.15) is 0 Å². The van der Waals surface area contributed by atoms with E-state index in [0.29, 0.717) is 12.5 Å². The Morgan fingerprint density at radius 1 is 1.54 bits per heavy atom. The third-order valence-corrected chi connectivity index (χ3v) is 2.81. The maximum absolute atomic E-state index is 11.6. The van der Waals surface area contributed by atoms with Crippen LogP contribution in [-0.2, 0) is 4.79 Å². The summed E-state index contributed by atoms with van der Waals surface area (Å²) in [6.07, 6.45) is 3.02. The normalized spacial score (nSPS) is 20.9. The van der Waals surface area contributed by atoms with Gasteiger partial charge in [-0.25, -0.2) is 0 Å². The van der Waals surface area contributed by atoms with Gasteiger partial charge in [-0.3, -0.25) is 4.79 Å². The van der Waals surface area contributed by atoms with Crippen LogP contribution in [0.2, 0.25) is 0 Å². The summed E-state index contributed by atoms with van der Waals surface area (Å²) in [4.78, 5) is 13.4. The predicted octanol–water partition coefficient (Wildman–Crippen LogP) is 0.981. The Morgan fingerprint density at radius 3 is 2.46 bits per heavy atom. The molecular weight excluding hydrogens is 164 g/mol. The van der Waals surface area contributed by atoms with Crippen LogP contribution in [-0.4, -0.2) is 29.9 Å². The fourth-order valence-corrected chi connectivity index (χ4v) is 1.54. The van der Waals surface area contributed by atoms with E-state index in [1.165, 1.54) is 12.8 Å². The van der Waals surface area contributed by atoms with Crippen LogP contribution in [0.25, 0.3) is 0 Å². The van der Waals surface area contributed by atoms with Gasteiger partial charge >= 0.3 is 0 Å². The molecule has 1 saturated carbocycles. The number of hydrogen-bond acceptors (Lipinski definition) is 2. The molecule has 1 aliphatic rings. The lowest BCUT2D eigenvalue weighted by Crippen LogP contribution is -2.38. The van der Waals surface area contributed by atoms with Crippen molar-refractivity contribution in [2.24, 2.45) is 11.7 Å². The average molecular weight is 184 g/mol. The van der Waals surface area contributed by atoms with Crippen molar-refractivity contribution in [2.75, 3.05) is 7.05 Å². The summed E-state index contributed by atoms with van der Waals surface area (Å²) in [5.41, 5.74) is 5.58. The summed E-state index contributed by atoms with van der Waals surface area (Å²) < 4.78 is 0. The Morgan fingerprint density at radius 2 is 2.08 bits per heavy atom. The molecule has 0 saturated heterocycles. The molecule has 0 heterocycles. The Bertz CT molecular complexity index is 187. The molecule has 3 heteroatoms. The van der Waals surface area contributed by atoms with Crippen LogP contribution >= 0.6 is 0 Å². The monoisotopic (exact) mass is 184 g/mol. The fourth-order valence-electron chi connectivity index (χ4n) is 1.54. The molecule has 13 heavy (non-hydrogen) atoms. The van der Waals surface area contributed by atoms with Gasteiger partial charge in [0.15, 0.2) is 0 Å². The number of amides is 1. The molecule has 1 fully saturated rings. The number of nitrogens with two attached hydrogens (primary N) is 1. The maximum atomic E-state index is 11.6. The van der Waals surface area contributed by atoms with Crippen LogP contribution in [0.4, 0.5) is 0 Å². The van der Waals surface area contributed by atoms with Crippen molar-refractivity contribution in [1.82, 2.24) is 4.90 Å². The Balaban J connectivity index is 2.36. The lowest BCUT2D eigenvalue weighted by atomic mass is 10.1. The van der Waals surface area contributed by atoms with Gasteiger partial charge in [0.25, 0.3) is 0 Å². The van der Waals surface area contributed by atoms with E-state index in [-0.39, 0.29) is 11.9 Å². The Hall–Kier alpha value is -0.570. The number of rotatable bonds is 4. The summed E-state index contributed by atoms with van der Waals surface area (Å²) in [5, 5.41) is 0. The van der Waals surface area contributed by atoms with Gasteiger partial charge < -0.3 is 10.6 Å². The average Bonchev–Trinajstić information content (AvgIpc) is 2.82. The van der Waals surface area contributed by atoms with E-state index < -0.39 is 0 Å². The zero-order valence-electron chi connectivity index (χ0n) is 8.79. The molecule has 0 aromatic rings. The summed E-state index contributed by atoms with van der Waals surface area (Å²) in [6, 6.07) is 0.368. The minimum absolute atomic E-state index is 0.0265. The van der Waals surface area contributed by atoms with Crippen molar-refractivity contribution in [3.05, 3.63) is 0 Å². The van der Waals surface area contributed by atoms with Crippen molar-refractivity contribution >= 4 is 5.91 Å². The molecule has 1 rings (SSSR count). The number of carbonyl (C=O) groups is 1. The van der Waals surface area contributed by atoms with Crippen LogP contribution in [0.5, 0.6) is 0 Å². The minimum Gasteiger partial charge on any atom is -0.343 e. The van der Waals surface area contributed by atoms with Crippen molar-refractivity contribution in [1.29, 1.82) is 0 Å². The first-order valence-corrected chi connectivity index (χ1v) is 5.03. The fraction of sp³-hybridized carbons (Fsp3) is 0.900. The lowest BCUT2D eigenvalue weighted by molar-refractivity contribution is -0.132. The van der Waals surface area contributed by atoms with E-state index in [2.05, 4.69) is 6.92 Å². The summed E-state index contributed by atoms with van der Waals surface area (Å²) in [7, 11) is 1.88. The zero-order valence-corrected chi connectivity index (χ0v) is 8.79. The zero-order chi connectivity index (χ0) is 10.0. The van der Waals surface area contributed by atoms with Gasteiger partial charge in [-0.05, 0) is 32.6 Å². The number of hydrogen-bond donors (Lipinski definition) is 1. The van der Waals surface area contributed by atoms with Gasteiger partial charge in [-0.1, -0.05) is 0 Å². The molecule has 3 nitrogen and oxygen atoms in total. The van der Waals surface area contributed by atoms with Gasteiger partial charge in [0.1, 0.15) is 0 Å². The summed E-state index contributed by atoms with van der Waals surface area (Å²) in [5.74, 6) is 0.913. The molecule has 2 unspecified atom stereocenters. The highest BCUT2D eigenvalue weighted by Crippen LogP contribution is 2.34. The molecule has 0 aromatic heterocycles. The molecule has 2 N–H and O–H groups in total. The first-order chi connectivity index (χ1) is 6.02. The van der Waals surface area contributed by atoms with Crippen molar-refractivity contribution in [3.63, 3.8) is 0 Å². The highest BCUT2D eigenvalue weighted by Gasteiger charge is 2.32. The van der Waals surface area contributed by atoms with Crippen LogP contribution in [0.15, 0.2) is 0 Å². The van der Waals surface area contributed by atoms with E-state index in [4.69, 9.17) is 5.73 Å². The van der Waals surface area contributed by atoms with E-state index >= 15 is 0 Å². The highest BCUT2D eigenvalue weighted by molar-refractivity contribution is 5.76. The second kappa shape index (κ2) is 4.09. The lowest BCUT2D eigenvalue weighted by Gasteiger charge is -2.25. The third-order valence-electron chi connectivity index (χ3n) is 2.81. The second-order valence-electron chi connectivity index (χ2n) is 4.26. The molecule has 2 atom stereocenters. The van der Waals surface area contributed by atoms with Crippen LogP contribution < -0.4 is 5.73 Å². The van der Waals surface area contributed by atoms with Crippen LogP contribution in [0.3, 0.4) is 0 Å². The molecule has 0 aromatic carbocycles. The van der Waals surface area contributed by atoms with E-state index in [9.17, 15) is 4.79 Å². The molecule has 0 aliphatic heterocycles. The maximum Gasteiger partial charge on any atom is 0.224 e. The molecule has 0 radical (unpaired) electrons. The quantitative estimate of drug-likeness (QED) is 0.708. The van der Waals surface area contributed by atoms with E-state index in [1.807, 2.05) is 18.9 Å². The van der Waals surface area contributed by atoms with Crippen LogP contribution in [0, 0.1) is 5.92 Å². The third kappa shape index (κ3) is 2.99. The van der Waals surface area contributed by atoms with Gasteiger partial charge in [0.2, 0.25) is 5.91 Å². The molecule has 1 amide bonds. The van der Waals surface area contributed by atoms with Gasteiger partial charge in [0.05, 0.1) is 0 Å². The molecule has 76 valence electrons. The van der Waals surface area contributed by atoms with Gasteiger partial charge in [-0.15, -0.1) is 0 Å². The number of nitrogens with zero attached hydrogens (tertiary/aromatic N) is 1.